The Morgan fingerprint density at radius 3 is 2.95 bits per heavy atom. The predicted molar refractivity (Wildman–Crippen MR) is 82.7 cm³/mol. The standard InChI is InChI=1S/C17H24N2O/c1-4-20-16-10-15(17(16,2)3)19-11-12-5-6-13-7-8-18-14(13)9-12/h5-9,15-16,18-19H,4,10-11H2,1-3H3. The van der Waals surface area contributed by atoms with Gasteiger partial charge in [-0.1, -0.05) is 26.0 Å². The quantitative estimate of drug-likeness (QED) is 0.874. The summed E-state index contributed by atoms with van der Waals surface area (Å²) in [4.78, 5) is 3.27. The van der Waals surface area contributed by atoms with Gasteiger partial charge in [-0.05, 0) is 36.4 Å². The molecule has 1 fully saturated rings. The van der Waals surface area contributed by atoms with Gasteiger partial charge >= 0.3 is 0 Å². The van der Waals surface area contributed by atoms with E-state index in [2.05, 4.69) is 55.3 Å². The lowest BCUT2D eigenvalue weighted by molar-refractivity contribution is -0.114. The molecule has 0 radical (unpaired) electrons. The maximum absolute atomic E-state index is 5.78. The Labute approximate surface area is 120 Å². The van der Waals surface area contributed by atoms with E-state index in [4.69, 9.17) is 4.74 Å². The summed E-state index contributed by atoms with van der Waals surface area (Å²) in [6, 6.07) is 9.26. The topological polar surface area (TPSA) is 37.0 Å². The number of benzene rings is 1. The average Bonchev–Trinajstić information content (AvgIpc) is 2.89. The van der Waals surface area contributed by atoms with Crippen LogP contribution in [0.5, 0.6) is 0 Å². The summed E-state index contributed by atoms with van der Waals surface area (Å²) in [5, 5.41) is 4.95. The third kappa shape index (κ3) is 2.36. The molecular formula is C17H24N2O. The van der Waals surface area contributed by atoms with E-state index < -0.39 is 0 Å². The summed E-state index contributed by atoms with van der Waals surface area (Å²) in [6.07, 6.45) is 3.51. The molecule has 0 saturated heterocycles. The smallest absolute Gasteiger partial charge is 0.0655 e. The molecule has 2 unspecified atom stereocenters. The minimum absolute atomic E-state index is 0.229. The number of nitrogens with one attached hydrogen (secondary N) is 2. The molecule has 0 aliphatic heterocycles. The van der Waals surface area contributed by atoms with Crippen molar-refractivity contribution in [3.8, 4) is 0 Å². The van der Waals surface area contributed by atoms with Crippen molar-refractivity contribution in [2.24, 2.45) is 5.41 Å². The van der Waals surface area contributed by atoms with Crippen molar-refractivity contribution in [2.45, 2.75) is 45.9 Å². The normalized spacial score (nSPS) is 24.8. The van der Waals surface area contributed by atoms with E-state index in [1.807, 2.05) is 6.20 Å². The number of rotatable bonds is 5. The Morgan fingerprint density at radius 2 is 2.20 bits per heavy atom. The first-order valence-electron chi connectivity index (χ1n) is 7.52. The van der Waals surface area contributed by atoms with Crippen LogP contribution in [0.4, 0.5) is 0 Å². The maximum Gasteiger partial charge on any atom is 0.0655 e. The molecule has 1 aliphatic carbocycles. The highest BCUT2D eigenvalue weighted by Crippen LogP contribution is 2.42. The number of ether oxygens (including phenoxy) is 1. The van der Waals surface area contributed by atoms with Crippen LogP contribution in [-0.4, -0.2) is 23.7 Å². The van der Waals surface area contributed by atoms with Gasteiger partial charge < -0.3 is 15.0 Å². The number of hydrogen-bond acceptors (Lipinski definition) is 2. The van der Waals surface area contributed by atoms with Crippen LogP contribution in [0.2, 0.25) is 0 Å². The van der Waals surface area contributed by atoms with Crippen LogP contribution in [-0.2, 0) is 11.3 Å². The first kappa shape index (κ1) is 13.7. The zero-order chi connectivity index (χ0) is 14.2. The van der Waals surface area contributed by atoms with E-state index in [1.165, 1.54) is 16.5 Å². The zero-order valence-corrected chi connectivity index (χ0v) is 12.6. The fourth-order valence-electron chi connectivity index (χ4n) is 3.16. The van der Waals surface area contributed by atoms with Crippen LogP contribution < -0.4 is 5.32 Å². The molecule has 108 valence electrons. The number of fused-ring (bicyclic) bond motifs is 1. The van der Waals surface area contributed by atoms with Crippen LogP contribution in [0.3, 0.4) is 0 Å². The molecule has 0 bridgehead atoms. The number of aromatic amines is 1. The van der Waals surface area contributed by atoms with Gasteiger partial charge in [0.25, 0.3) is 0 Å². The fourth-order valence-corrected chi connectivity index (χ4v) is 3.16. The number of aromatic nitrogens is 1. The third-order valence-corrected chi connectivity index (χ3v) is 4.72. The first-order valence-corrected chi connectivity index (χ1v) is 7.52. The SMILES string of the molecule is CCOC1CC(NCc2ccc3cc[nH]c3c2)C1(C)C. The molecule has 1 saturated carbocycles. The molecule has 3 rings (SSSR count). The van der Waals surface area contributed by atoms with Crippen molar-refractivity contribution in [3.63, 3.8) is 0 Å². The Kier molecular flexibility index (Phi) is 3.57. The summed E-state index contributed by atoms with van der Waals surface area (Å²) in [6.45, 7) is 8.39. The number of H-pyrrole nitrogens is 1. The Hall–Kier alpha value is -1.32. The second kappa shape index (κ2) is 5.23. The molecule has 0 amide bonds. The summed E-state index contributed by atoms with van der Waals surface area (Å²) in [5.41, 5.74) is 2.77. The van der Waals surface area contributed by atoms with Crippen molar-refractivity contribution >= 4 is 10.9 Å². The maximum atomic E-state index is 5.78. The van der Waals surface area contributed by atoms with Gasteiger partial charge in [-0.2, -0.15) is 0 Å². The fraction of sp³-hybridized carbons (Fsp3) is 0.529. The van der Waals surface area contributed by atoms with Gasteiger partial charge in [-0.25, -0.2) is 0 Å². The van der Waals surface area contributed by atoms with Crippen molar-refractivity contribution in [1.82, 2.24) is 10.3 Å². The van der Waals surface area contributed by atoms with E-state index in [9.17, 15) is 0 Å². The molecule has 1 aromatic heterocycles. The minimum atomic E-state index is 0.229. The van der Waals surface area contributed by atoms with E-state index in [1.54, 1.807) is 0 Å². The van der Waals surface area contributed by atoms with E-state index in [0.717, 1.165) is 19.6 Å². The highest BCUT2D eigenvalue weighted by Gasteiger charge is 2.48. The minimum Gasteiger partial charge on any atom is -0.378 e. The molecule has 1 aromatic carbocycles. The van der Waals surface area contributed by atoms with Gasteiger partial charge in [0.15, 0.2) is 0 Å². The largest absolute Gasteiger partial charge is 0.378 e. The van der Waals surface area contributed by atoms with Crippen LogP contribution in [0.1, 0.15) is 32.8 Å². The van der Waals surface area contributed by atoms with Gasteiger partial charge in [-0.3, -0.25) is 0 Å². The van der Waals surface area contributed by atoms with E-state index in [0.29, 0.717) is 12.1 Å². The first-order chi connectivity index (χ1) is 9.61. The van der Waals surface area contributed by atoms with Gasteiger partial charge in [0.1, 0.15) is 0 Å². The zero-order valence-electron chi connectivity index (χ0n) is 12.6. The Bertz CT molecular complexity index is 587. The lowest BCUT2D eigenvalue weighted by Gasteiger charge is -2.52. The van der Waals surface area contributed by atoms with Crippen molar-refractivity contribution in [1.29, 1.82) is 0 Å². The van der Waals surface area contributed by atoms with E-state index in [-0.39, 0.29) is 5.41 Å². The Morgan fingerprint density at radius 1 is 1.35 bits per heavy atom. The Balaban J connectivity index is 1.60. The molecule has 1 aliphatic rings. The molecule has 3 heteroatoms. The van der Waals surface area contributed by atoms with Gasteiger partial charge in [0.05, 0.1) is 6.10 Å². The van der Waals surface area contributed by atoms with Crippen molar-refractivity contribution in [3.05, 3.63) is 36.0 Å². The van der Waals surface area contributed by atoms with Gasteiger partial charge in [0.2, 0.25) is 0 Å². The van der Waals surface area contributed by atoms with Crippen molar-refractivity contribution in [2.75, 3.05) is 6.61 Å². The summed E-state index contributed by atoms with van der Waals surface area (Å²) >= 11 is 0. The molecule has 1 heterocycles. The molecular weight excluding hydrogens is 248 g/mol. The molecule has 2 aromatic rings. The molecule has 0 spiro atoms. The molecule has 2 N–H and O–H groups in total. The van der Waals surface area contributed by atoms with Gasteiger partial charge in [0, 0.05) is 36.3 Å². The predicted octanol–water partition coefficient (Wildman–Crippen LogP) is 3.46. The number of hydrogen-bond donors (Lipinski definition) is 2. The highest BCUT2D eigenvalue weighted by molar-refractivity contribution is 5.79. The summed E-state index contributed by atoms with van der Waals surface area (Å²) < 4.78 is 5.78. The molecule has 20 heavy (non-hydrogen) atoms. The molecule has 2 atom stereocenters. The van der Waals surface area contributed by atoms with E-state index >= 15 is 0 Å². The van der Waals surface area contributed by atoms with Crippen LogP contribution >= 0.6 is 0 Å². The second-order valence-corrected chi connectivity index (χ2v) is 6.33. The van der Waals surface area contributed by atoms with Crippen molar-refractivity contribution < 1.29 is 4.74 Å². The highest BCUT2D eigenvalue weighted by atomic mass is 16.5. The van der Waals surface area contributed by atoms with Crippen LogP contribution in [0, 0.1) is 5.41 Å². The van der Waals surface area contributed by atoms with Crippen LogP contribution in [0.25, 0.3) is 10.9 Å². The lowest BCUT2D eigenvalue weighted by Crippen LogP contribution is -2.60. The lowest BCUT2D eigenvalue weighted by atomic mass is 9.64. The molecule has 3 nitrogen and oxygen atoms in total. The summed E-state index contributed by atoms with van der Waals surface area (Å²) in [7, 11) is 0. The van der Waals surface area contributed by atoms with Crippen LogP contribution in [0.15, 0.2) is 30.5 Å². The monoisotopic (exact) mass is 272 g/mol. The average molecular weight is 272 g/mol. The third-order valence-electron chi connectivity index (χ3n) is 4.72. The second-order valence-electron chi connectivity index (χ2n) is 6.33. The van der Waals surface area contributed by atoms with Gasteiger partial charge in [-0.15, -0.1) is 0 Å². The summed E-state index contributed by atoms with van der Waals surface area (Å²) in [5.74, 6) is 0.